The van der Waals surface area contributed by atoms with E-state index in [0.717, 1.165) is 36.0 Å². The van der Waals surface area contributed by atoms with Crippen molar-refractivity contribution in [2.45, 2.75) is 40.5 Å². The molecule has 4 nitrogen and oxygen atoms in total. The minimum atomic E-state index is 0.712. The fraction of sp³-hybridized carbons (Fsp3) is 0.714. The Morgan fingerprint density at radius 1 is 1.28 bits per heavy atom. The van der Waals surface area contributed by atoms with Crippen molar-refractivity contribution in [2.24, 2.45) is 5.92 Å². The molecular weight excluding hydrogens is 224 g/mol. The van der Waals surface area contributed by atoms with E-state index in [9.17, 15) is 0 Å². The number of rotatable bonds is 6. The van der Waals surface area contributed by atoms with Gasteiger partial charge in [-0.05, 0) is 19.3 Å². The second-order valence-electron chi connectivity index (χ2n) is 5.14. The van der Waals surface area contributed by atoms with Crippen LogP contribution in [0.15, 0.2) is 0 Å². The van der Waals surface area contributed by atoms with E-state index in [0.29, 0.717) is 5.92 Å². The lowest BCUT2D eigenvalue weighted by molar-refractivity contribution is 0.583. The summed E-state index contributed by atoms with van der Waals surface area (Å²) in [7, 11) is 4.02. The maximum atomic E-state index is 4.65. The van der Waals surface area contributed by atoms with Crippen LogP contribution >= 0.6 is 0 Å². The highest BCUT2D eigenvalue weighted by atomic mass is 15.2. The monoisotopic (exact) mass is 250 g/mol. The molecule has 0 atom stereocenters. The zero-order valence-electron chi connectivity index (χ0n) is 12.5. The Bertz CT molecular complexity index is 388. The van der Waals surface area contributed by atoms with Gasteiger partial charge in [-0.25, -0.2) is 9.97 Å². The summed E-state index contributed by atoms with van der Waals surface area (Å²) >= 11 is 0. The molecule has 1 aromatic rings. The summed E-state index contributed by atoms with van der Waals surface area (Å²) < 4.78 is 0. The molecule has 0 spiro atoms. The van der Waals surface area contributed by atoms with Gasteiger partial charge in [-0.2, -0.15) is 0 Å². The molecule has 4 heteroatoms. The van der Waals surface area contributed by atoms with Gasteiger partial charge in [0.05, 0.1) is 0 Å². The summed E-state index contributed by atoms with van der Waals surface area (Å²) in [6.45, 7) is 9.69. The summed E-state index contributed by atoms with van der Waals surface area (Å²) in [6.07, 6.45) is 2.04. The lowest BCUT2D eigenvalue weighted by Gasteiger charge is -2.22. The average molecular weight is 250 g/mol. The fourth-order valence-electron chi connectivity index (χ4n) is 1.88. The largest absolute Gasteiger partial charge is 0.373 e. The zero-order chi connectivity index (χ0) is 13.7. The van der Waals surface area contributed by atoms with Gasteiger partial charge in [0.2, 0.25) is 0 Å². The Labute approximate surface area is 111 Å². The predicted molar refractivity (Wildman–Crippen MR) is 78.4 cm³/mol. The highest BCUT2D eigenvalue weighted by Gasteiger charge is 2.13. The van der Waals surface area contributed by atoms with Crippen molar-refractivity contribution >= 4 is 11.6 Å². The molecule has 0 saturated heterocycles. The van der Waals surface area contributed by atoms with E-state index in [-0.39, 0.29) is 0 Å². The summed E-state index contributed by atoms with van der Waals surface area (Å²) in [6, 6.07) is 0. The molecule has 0 amide bonds. The van der Waals surface area contributed by atoms with Crippen LogP contribution in [0.25, 0.3) is 0 Å². The first-order chi connectivity index (χ1) is 8.49. The van der Waals surface area contributed by atoms with Gasteiger partial charge < -0.3 is 10.2 Å². The number of hydrogen-bond acceptors (Lipinski definition) is 4. The highest BCUT2D eigenvalue weighted by molar-refractivity contribution is 5.58. The van der Waals surface area contributed by atoms with E-state index in [1.54, 1.807) is 0 Å². The molecule has 0 saturated carbocycles. The van der Waals surface area contributed by atoms with Gasteiger partial charge >= 0.3 is 0 Å². The average Bonchev–Trinajstić information content (AvgIpc) is 2.36. The number of aryl methyl sites for hydroxylation is 1. The third-order valence-corrected chi connectivity index (χ3v) is 3.12. The summed E-state index contributed by atoms with van der Waals surface area (Å²) in [5.41, 5.74) is 1.13. The fourth-order valence-corrected chi connectivity index (χ4v) is 1.88. The predicted octanol–water partition coefficient (Wildman–Crippen LogP) is 2.87. The first-order valence-electron chi connectivity index (χ1n) is 6.76. The third-order valence-electron chi connectivity index (χ3n) is 3.12. The van der Waals surface area contributed by atoms with E-state index >= 15 is 0 Å². The van der Waals surface area contributed by atoms with Crippen LogP contribution in [-0.2, 0) is 6.42 Å². The molecule has 1 N–H and O–H groups in total. The van der Waals surface area contributed by atoms with E-state index in [1.807, 2.05) is 7.05 Å². The molecular formula is C14H26N4. The van der Waals surface area contributed by atoms with Crippen LogP contribution in [0.2, 0.25) is 0 Å². The molecule has 0 fully saturated rings. The molecule has 0 aromatic carbocycles. The molecule has 0 bridgehead atoms. The number of nitrogens with zero attached hydrogens (tertiary/aromatic N) is 3. The number of aromatic nitrogens is 2. The van der Waals surface area contributed by atoms with Crippen LogP contribution < -0.4 is 10.2 Å². The van der Waals surface area contributed by atoms with Crippen LogP contribution in [0.4, 0.5) is 11.6 Å². The molecule has 0 aliphatic carbocycles. The van der Waals surface area contributed by atoms with Crippen LogP contribution in [0.5, 0.6) is 0 Å². The first-order valence-corrected chi connectivity index (χ1v) is 6.76. The smallest absolute Gasteiger partial charge is 0.137 e. The lowest BCUT2D eigenvalue weighted by atomic mass is 10.1. The Kier molecular flexibility index (Phi) is 5.38. The molecule has 0 unspecified atom stereocenters. The van der Waals surface area contributed by atoms with Crippen LogP contribution in [0, 0.1) is 12.8 Å². The molecule has 0 aliphatic rings. The summed E-state index contributed by atoms with van der Waals surface area (Å²) in [4.78, 5) is 11.4. The molecule has 1 heterocycles. The molecule has 102 valence electrons. The minimum Gasteiger partial charge on any atom is -0.373 e. The van der Waals surface area contributed by atoms with E-state index in [4.69, 9.17) is 0 Å². The van der Waals surface area contributed by atoms with Crippen LogP contribution in [-0.4, -0.2) is 30.6 Å². The van der Waals surface area contributed by atoms with Crippen LogP contribution in [0.1, 0.15) is 38.6 Å². The lowest BCUT2D eigenvalue weighted by Crippen LogP contribution is -2.23. The number of anilines is 2. The van der Waals surface area contributed by atoms with Gasteiger partial charge in [-0.3, -0.25) is 0 Å². The summed E-state index contributed by atoms with van der Waals surface area (Å²) in [5, 5.41) is 3.15. The molecule has 0 aliphatic heterocycles. The van der Waals surface area contributed by atoms with Gasteiger partial charge in [-0.1, -0.05) is 20.8 Å². The molecule has 1 aromatic heterocycles. The van der Waals surface area contributed by atoms with Gasteiger partial charge in [0.25, 0.3) is 0 Å². The topological polar surface area (TPSA) is 41.1 Å². The van der Waals surface area contributed by atoms with Crippen LogP contribution in [0.3, 0.4) is 0 Å². The Hall–Kier alpha value is -1.32. The van der Waals surface area contributed by atoms with Crippen molar-refractivity contribution in [1.82, 2.24) is 9.97 Å². The zero-order valence-corrected chi connectivity index (χ0v) is 12.5. The standard InChI is InChI=1S/C14H26N4/c1-7-12-16-13(15-5)11(4)14(17-12)18(6)9-8-10(2)3/h10H,7-9H2,1-6H3,(H,15,16,17). The Balaban J connectivity index is 2.98. The Morgan fingerprint density at radius 3 is 2.44 bits per heavy atom. The van der Waals surface area contributed by atoms with Crippen molar-refractivity contribution in [3.8, 4) is 0 Å². The van der Waals surface area contributed by atoms with E-state index < -0.39 is 0 Å². The maximum Gasteiger partial charge on any atom is 0.137 e. The third kappa shape index (κ3) is 3.59. The summed E-state index contributed by atoms with van der Waals surface area (Å²) in [5.74, 6) is 3.60. The Morgan fingerprint density at radius 2 is 1.94 bits per heavy atom. The second-order valence-corrected chi connectivity index (χ2v) is 5.14. The van der Waals surface area contributed by atoms with E-state index in [2.05, 4.69) is 54.9 Å². The van der Waals surface area contributed by atoms with Gasteiger partial charge in [0, 0.05) is 32.6 Å². The minimum absolute atomic E-state index is 0.712. The highest BCUT2D eigenvalue weighted by Crippen LogP contribution is 2.23. The van der Waals surface area contributed by atoms with Gasteiger partial charge in [0.15, 0.2) is 0 Å². The maximum absolute atomic E-state index is 4.65. The van der Waals surface area contributed by atoms with Crippen molar-refractivity contribution in [1.29, 1.82) is 0 Å². The van der Waals surface area contributed by atoms with E-state index in [1.165, 1.54) is 6.42 Å². The van der Waals surface area contributed by atoms with Gasteiger partial charge in [-0.15, -0.1) is 0 Å². The van der Waals surface area contributed by atoms with Gasteiger partial charge in [0.1, 0.15) is 17.5 Å². The second kappa shape index (κ2) is 6.57. The number of hydrogen-bond donors (Lipinski definition) is 1. The molecule has 0 radical (unpaired) electrons. The molecule has 18 heavy (non-hydrogen) atoms. The first kappa shape index (κ1) is 14.7. The normalized spacial score (nSPS) is 10.8. The van der Waals surface area contributed by atoms with Crippen molar-refractivity contribution in [3.63, 3.8) is 0 Å². The quantitative estimate of drug-likeness (QED) is 0.843. The SMILES string of the molecule is CCc1nc(NC)c(C)c(N(C)CCC(C)C)n1. The number of nitrogens with one attached hydrogen (secondary N) is 1. The van der Waals surface area contributed by atoms with Crippen molar-refractivity contribution in [2.75, 3.05) is 30.9 Å². The van der Waals surface area contributed by atoms with Crippen molar-refractivity contribution < 1.29 is 0 Å². The van der Waals surface area contributed by atoms with Crippen molar-refractivity contribution in [3.05, 3.63) is 11.4 Å². The molecule has 1 rings (SSSR count).